The van der Waals surface area contributed by atoms with Gasteiger partial charge in [-0.1, -0.05) is 72.8 Å². The number of aromatic nitrogens is 1. The highest BCUT2D eigenvalue weighted by Gasteiger charge is 2.12. The van der Waals surface area contributed by atoms with Gasteiger partial charge in [-0.25, -0.2) is 4.98 Å². The molecule has 128 valence electrons. The lowest BCUT2D eigenvalue weighted by molar-refractivity contribution is 1.40. The van der Waals surface area contributed by atoms with Gasteiger partial charge in [-0.05, 0) is 46.2 Å². The average molecular weight is 346 g/mol. The van der Waals surface area contributed by atoms with Crippen LogP contribution in [0.1, 0.15) is 0 Å². The fourth-order valence-corrected chi connectivity index (χ4v) is 3.65. The largest absolute Gasteiger partial charge is 0.399 e. The van der Waals surface area contributed by atoms with E-state index in [1.165, 1.54) is 27.3 Å². The summed E-state index contributed by atoms with van der Waals surface area (Å²) in [5, 5.41) is 3.65. The molecule has 5 rings (SSSR count). The summed E-state index contributed by atoms with van der Waals surface area (Å²) in [7, 11) is 0. The lowest BCUT2D eigenvalue weighted by Crippen LogP contribution is -1.92. The monoisotopic (exact) mass is 346 g/mol. The van der Waals surface area contributed by atoms with E-state index in [0.717, 1.165) is 22.5 Å². The Morgan fingerprint density at radius 2 is 1.37 bits per heavy atom. The Morgan fingerprint density at radius 1 is 0.630 bits per heavy atom. The van der Waals surface area contributed by atoms with E-state index in [9.17, 15) is 0 Å². The van der Waals surface area contributed by atoms with Gasteiger partial charge >= 0.3 is 0 Å². The fraction of sp³-hybridized carbons (Fsp3) is 0. The predicted molar refractivity (Wildman–Crippen MR) is 115 cm³/mol. The predicted octanol–water partition coefficient (Wildman–Crippen LogP) is 6.30. The van der Waals surface area contributed by atoms with Crippen molar-refractivity contribution in [1.82, 2.24) is 4.98 Å². The number of anilines is 1. The zero-order valence-corrected chi connectivity index (χ0v) is 14.8. The van der Waals surface area contributed by atoms with Crippen LogP contribution < -0.4 is 5.73 Å². The second-order valence-electron chi connectivity index (χ2n) is 6.72. The zero-order chi connectivity index (χ0) is 18.2. The first kappa shape index (κ1) is 15.6. The minimum absolute atomic E-state index is 0.758. The molecule has 5 aromatic rings. The first-order chi connectivity index (χ1) is 13.3. The van der Waals surface area contributed by atoms with Gasteiger partial charge in [0.25, 0.3) is 0 Å². The first-order valence-corrected chi connectivity index (χ1v) is 9.03. The maximum absolute atomic E-state index is 5.86. The molecule has 0 saturated heterocycles. The van der Waals surface area contributed by atoms with Crippen molar-refractivity contribution < 1.29 is 0 Å². The molecule has 0 spiro atoms. The smallest absolute Gasteiger partial charge is 0.0722 e. The number of hydrogen-bond acceptors (Lipinski definition) is 2. The van der Waals surface area contributed by atoms with Crippen LogP contribution in [0.2, 0.25) is 0 Å². The fourth-order valence-electron chi connectivity index (χ4n) is 3.65. The normalized spacial score (nSPS) is 11.1. The third-order valence-electron chi connectivity index (χ3n) is 4.99. The van der Waals surface area contributed by atoms with E-state index in [0.29, 0.717) is 0 Å². The third-order valence-corrected chi connectivity index (χ3v) is 4.99. The van der Waals surface area contributed by atoms with Crippen molar-refractivity contribution in [3.8, 4) is 22.4 Å². The van der Waals surface area contributed by atoms with Gasteiger partial charge in [0, 0.05) is 16.6 Å². The van der Waals surface area contributed by atoms with Gasteiger partial charge in [-0.3, -0.25) is 0 Å². The molecule has 2 N–H and O–H groups in total. The molecule has 0 bridgehead atoms. The van der Waals surface area contributed by atoms with Crippen molar-refractivity contribution in [2.24, 2.45) is 0 Å². The number of nitrogens with two attached hydrogens (primary N) is 1. The molecule has 1 heterocycles. The number of benzene rings is 4. The van der Waals surface area contributed by atoms with Crippen LogP contribution in [0.4, 0.5) is 5.69 Å². The second-order valence-corrected chi connectivity index (χ2v) is 6.72. The molecule has 0 saturated carbocycles. The summed E-state index contributed by atoms with van der Waals surface area (Å²) >= 11 is 0. The Hall–Kier alpha value is -3.65. The van der Waals surface area contributed by atoms with Crippen LogP contribution in [0.3, 0.4) is 0 Å². The summed E-state index contributed by atoms with van der Waals surface area (Å²) in [6.45, 7) is 0. The van der Waals surface area contributed by atoms with Crippen LogP contribution in [0.5, 0.6) is 0 Å². The lowest BCUT2D eigenvalue weighted by atomic mass is 9.94. The number of fused-ring (bicyclic) bond motifs is 3. The number of rotatable bonds is 2. The van der Waals surface area contributed by atoms with Crippen LogP contribution in [-0.2, 0) is 0 Å². The van der Waals surface area contributed by atoms with Crippen molar-refractivity contribution in [1.29, 1.82) is 0 Å². The topological polar surface area (TPSA) is 38.9 Å². The molecule has 0 fully saturated rings. The summed E-state index contributed by atoms with van der Waals surface area (Å²) in [6.07, 6.45) is 0. The third kappa shape index (κ3) is 2.72. The van der Waals surface area contributed by atoms with Crippen molar-refractivity contribution in [3.63, 3.8) is 0 Å². The maximum Gasteiger partial charge on any atom is 0.0722 e. The highest BCUT2D eigenvalue weighted by molar-refractivity contribution is 6.13. The molecule has 2 heteroatoms. The summed E-state index contributed by atoms with van der Waals surface area (Å²) in [5.74, 6) is 0. The minimum atomic E-state index is 0.758. The van der Waals surface area contributed by atoms with E-state index < -0.39 is 0 Å². The highest BCUT2D eigenvalue weighted by Crippen LogP contribution is 2.36. The van der Waals surface area contributed by atoms with Crippen molar-refractivity contribution in [2.75, 3.05) is 5.73 Å². The molecule has 0 radical (unpaired) electrons. The molecule has 0 aliphatic rings. The van der Waals surface area contributed by atoms with Gasteiger partial charge in [-0.15, -0.1) is 0 Å². The number of nitrogen functional groups attached to an aromatic ring is 1. The van der Waals surface area contributed by atoms with Gasteiger partial charge < -0.3 is 5.73 Å². The molecule has 4 aromatic carbocycles. The first-order valence-electron chi connectivity index (χ1n) is 9.03. The Balaban J connectivity index is 1.88. The van der Waals surface area contributed by atoms with Gasteiger partial charge in [0.2, 0.25) is 0 Å². The molecule has 0 amide bonds. The second kappa shape index (κ2) is 6.26. The van der Waals surface area contributed by atoms with Crippen molar-refractivity contribution >= 4 is 27.4 Å². The van der Waals surface area contributed by atoms with E-state index in [1.54, 1.807) is 0 Å². The lowest BCUT2D eigenvalue weighted by Gasteiger charge is -2.13. The summed E-state index contributed by atoms with van der Waals surface area (Å²) < 4.78 is 0. The highest BCUT2D eigenvalue weighted by atomic mass is 14.7. The van der Waals surface area contributed by atoms with Crippen molar-refractivity contribution in [2.45, 2.75) is 0 Å². The zero-order valence-electron chi connectivity index (χ0n) is 14.8. The van der Waals surface area contributed by atoms with Crippen LogP contribution in [0, 0.1) is 0 Å². The Bertz CT molecular complexity index is 1260. The van der Waals surface area contributed by atoms with Crippen LogP contribution in [-0.4, -0.2) is 4.98 Å². The van der Waals surface area contributed by atoms with E-state index in [4.69, 9.17) is 10.7 Å². The molecule has 0 unspecified atom stereocenters. The standard InChI is InChI=1S/C25H18N2/c26-20-13-10-19(11-14-20)24-16-22(17-6-2-1-3-7-17)25-21-9-5-4-8-18(21)12-15-23(25)27-24/h1-16H,26H2. The molecule has 0 aliphatic carbocycles. The molecular weight excluding hydrogens is 328 g/mol. The van der Waals surface area contributed by atoms with Gasteiger partial charge in [-0.2, -0.15) is 0 Å². The molecule has 0 atom stereocenters. The maximum atomic E-state index is 5.86. The quantitative estimate of drug-likeness (QED) is 0.301. The Labute approximate surface area is 157 Å². The summed E-state index contributed by atoms with van der Waals surface area (Å²) in [5.41, 5.74) is 12.0. The van der Waals surface area contributed by atoms with Crippen LogP contribution in [0.25, 0.3) is 44.1 Å². The van der Waals surface area contributed by atoms with Gasteiger partial charge in [0.15, 0.2) is 0 Å². The van der Waals surface area contributed by atoms with E-state index in [1.807, 2.05) is 30.3 Å². The van der Waals surface area contributed by atoms with Gasteiger partial charge in [0.05, 0.1) is 11.2 Å². The van der Waals surface area contributed by atoms with E-state index in [-0.39, 0.29) is 0 Å². The van der Waals surface area contributed by atoms with Crippen LogP contribution >= 0.6 is 0 Å². The SMILES string of the molecule is Nc1ccc(-c2cc(-c3ccccc3)c3c(ccc4ccccc43)n2)cc1. The van der Waals surface area contributed by atoms with E-state index in [2.05, 4.69) is 66.7 Å². The number of hydrogen-bond donors (Lipinski definition) is 1. The molecule has 0 aliphatic heterocycles. The Kier molecular flexibility index (Phi) is 3.61. The van der Waals surface area contributed by atoms with E-state index >= 15 is 0 Å². The number of pyridine rings is 1. The van der Waals surface area contributed by atoms with Crippen molar-refractivity contribution in [3.05, 3.63) is 97.1 Å². The summed E-state index contributed by atoms with van der Waals surface area (Å²) in [6, 6.07) is 33.4. The Morgan fingerprint density at radius 3 is 2.19 bits per heavy atom. The minimum Gasteiger partial charge on any atom is -0.399 e. The summed E-state index contributed by atoms with van der Waals surface area (Å²) in [4.78, 5) is 4.97. The molecule has 1 aromatic heterocycles. The average Bonchev–Trinajstić information content (AvgIpc) is 2.74. The number of nitrogens with zero attached hydrogens (tertiary/aromatic N) is 1. The molecular formula is C25H18N2. The molecule has 27 heavy (non-hydrogen) atoms. The van der Waals surface area contributed by atoms with Gasteiger partial charge in [0.1, 0.15) is 0 Å². The van der Waals surface area contributed by atoms with Crippen LogP contribution in [0.15, 0.2) is 97.1 Å². The molecule has 2 nitrogen and oxygen atoms in total.